The molecule has 0 unspecified atom stereocenters. The van der Waals surface area contributed by atoms with Gasteiger partial charge in [0, 0.05) is 18.5 Å². The summed E-state index contributed by atoms with van der Waals surface area (Å²) in [7, 11) is 0. The van der Waals surface area contributed by atoms with Gasteiger partial charge in [0.1, 0.15) is 28.9 Å². The average Bonchev–Trinajstić information content (AvgIpc) is 2.73. The molecule has 0 radical (unpaired) electrons. The monoisotopic (exact) mass is 415 g/mol. The van der Waals surface area contributed by atoms with Crippen LogP contribution in [-0.2, 0) is 0 Å². The fourth-order valence-electron chi connectivity index (χ4n) is 2.16. The Morgan fingerprint density at radius 3 is 2.67 bits per heavy atom. The minimum atomic E-state index is -4.53. The lowest BCUT2D eigenvalue weighted by molar-refractivity contribution is -0.153. The van der Waals surface area contributed by atoms with E-state index in [4.69, 9.17) is 10.00 Å². The molecule has 9 nitrogen and oxygen atoms in total. The predicted molar refractivity (Wildman–Crippen MR) is 98.0 cm³/mol. The Labute approximate surface area is 167 Å². The number of halogens is 3. The van der Waals surface area contributed by atoms with Crippen molar-refractivity contribution < 1.29 is 22.7 Å². The van der Waals surface area contributed by atoms with Gasteiger partial charge < -0.3 is 15.4 Å². The molecule has 3 aromatic heterocycles. The number of aromatic nitrogens is 4. The van der Waals surface area contributed by atoms with Gasteiger partial charge in [-0.15, -0.1) is 0 Å². The first-order valence-corrected chi connectivity index (χ1v) is 8.25. The topological polar surface area (TPSA) is 126 Å². The first-order chi connectivity index (χ1) is 14.3. The highest BCUT2D eigenvalue weighted by Gasteiger charge is 2.29. The Morgan fingerprint density at radius 2 is 1.97 bits per heavy atom. The van der Waals surface area contributed by atoms with Crippen molar-refractivity contribution in [2.75, 3.05) is 17.2 Å². The largest absolute Gasteiger partial charge is 0.482 e. The fourth-order valence-corrected chi connectivity index (χ4v) is 2.16. The number of rotatable bonds is 6. The maximum absolute atomic E-state index is 12.5. The van der Waals surface area contributed by atoms with Crippen LogP contribution >= 0.6 is 0 Å². The van der Waals surface area contributed by atoms with E-state index >= 15 is 0 Å². The minimum absolute atomic E-state index is 0.0452. The highest BCUT2D eigenvalue weighted by atomic mass is 19.4. The molecule has 0 saturated carbocycles. The maximum Gasteiger partial charge on any atom is 0.422 e. The van der Waals surface area contributed by atoms with E-state index in [1.165, 1.54) is 36.8 Å². The number of nitrogens with one attached hydrogen (secondary N) is 2. The highest BCUT2D eigenvalue weighted by molar-refractivity contribution is 6.03. The van der Waals surface area contributed by atoms with Crippen LogP contribution in [0.3, 0.4) is 0 Å². The summed E-state index contributed by atoms with van der Waals surface area (Å²) in [6, 6.07) is 7.49. The van der Waals surface area contributed by atoms with Crippen LogP contribution in [0.5, 0.6) is 5.75 Å². The molecule has 0 aromatic carbocycles. The lowest BCUT2D eigenvalue weighted by atomic mass is 10.3. The van der Waals surface area contributed by atoms with E-state index in [2.05, 4.69) is 30.6 Å². The van der Waals surface area contributed by atoms with Crippen LogP contribution in [0.4, 0.5) is 30.5 Å². The first-order valence-electron chi connectivity index (χ1n) is 8.25. The van der Waals surface area contributed by atoms with E-state index in [1.807, 2.05) is 6.07 Å². The normalized spacial score (nSPS) is 10.7. The van der Waals surface area contributed by atoms with E-state index in [0.29, 0.717) is 5.69 Å². The molecular formula is C18H12F3N7O2. The van der Waals surface area contributed by atoms with Crippen molar-refractivity contribution in [2.24, 2.45) is 0 Å². The Morgan fingerprint density at radius 1 is 1.13 bits per heavy atom. The molecule has 2 N–H and O–H groups in total. The van der Waals surface area contributed by atoms with Gasteiger partial charge in [-0.25, -0.2) is 15.0 Å². The predicted octanol–water partition coefficient (Wildman–Crippen LogP) is 3.08. The second-order valence-electron chi connectivity index (χ2n) is 5.66. The number of pyridine rings is 2. The standard InChI is InChI=1S/C18H12F3N7O2/c19-18(20,21)10-30-15-4-5-23-9-14(15)27-16(29)13-3-6-24-17(28-13)26-12-2-1-11(7-22)25-8-12/h1-6,8-9H,10H2,(H,27,29)(H,24,26,28). The van der Waals surface area contributed by atoms with Gasteiger partial charge >= 0.3 is 6.18 Å². The van der Waals surface area contributed by atoms with Crippen molar-refractivity contribution in [2.45, 2.75) is 6.18 Å². The quantitative estimate of drug-likeness (QED) is 0.629. The zero-order valence-corrected chi connectivity index (χ0v) is 15.0. The third-order valence-corrected chi connectivity index (χ3v) is 3.44. The number of carbonyl (C=O) groups excluding carboxylic acids is 1. The Balaban J connectivity index is 1.72. The van der Waals surface area contributed by atoms with E-state index in [9.17, 15) is 18.0 Å². The van der Waals surface area contributed by atoms with Gasteiger partial charge in [0.05, 0.1) is 18.1 Å². The van der Waals surface area contributed by atoms with Crippen LogP contribution < -0.4 is 15.4 Å². The summed E-state index contributed by atoms with van der Waals surface area (Å²) in [5.41, 5.74) is 0.618. The Kier molecular flexibility index (Phi) is 6.02. The molecule has 152 valence electrons. The van der Waals surface area contributed by atoms with Crippen molar-refractivity contribution in [1.82, 2.24) is 19.9 Å². The van der Waals surface area contributed by atoms with Crippen LogP contribution in [0.25, 0.3) is 0 Å². The lowest BCUT2D eigenvalue weighted by Gasteiger charge is -2.13. The number of alkyl halides is 3. The first kappa shape index (κ1) is 20.5. The van der Waals surface area contributed by atoms with Crippen LogP contribution in [-0.4, -0.2) is 38.6 Å². The minimum Gasteiger partial charge on any atom is -0.482 e. The van der Waals surface area contributed by atoms with Crippen LogP contribution in [0.1, 0.15) is 16.2 Å². The third-order valence-electron chi connectivity index (χ3n) is 3.44. The zero-order valence-electron chi connectivity index (χ0n) is 15.0. The molecule has 0 atom stereocenters. The summed E-state index contributed by atoms with van der Waals surface area (Å²) in [6.07, 6.45) is 0.588. The molecule has 0 aliphatic heterocycles. The highest BCUT2D eigenvalue weighted by Crippen LogP contribution is 2.26. The van der Waals surface area contributed by atoms with Crippen LogP contribution in [0.2, 0.25) is 0 Å². The summed E-state index contributed by atoms with van der Waals surface area (Å²) in [5.74, 6) is -0.816. The smallest absolute Gasteiger partial charge is 0.422 e. The van der Waals surface area contributed by atoms with Gasteiger partial charge in [-0.3, -0.25) is 9.78 Å². The molecule has 0 bridgehead atoms. The van der Waals surface area contributed by atoms with Gasteiger partial charge in [0.2, 0.25) is 5.95 Å². The molecule has 0 aliphatic carbocycles. The number of hydrogen-bond acceptors (Lipinski definition) is 8. The molecule has 0 aliphatic rings. The van der Waals surface area contributed by atoms with E-state index < -0.39 is 18.7 Å². The molecule has 30 heavy (non-hydrogen) atoms. The summed E-state index contributed by atoms with van der Waals surface area (Å²) >= 11 is 0. The number of anilines is 3. The second kappa shape index (κ2) is 8.82. The molecule has 0 saturated heterocycles. The van der Waals surface area contributed by atoms with Crippen molar-refractivity contribution >= 4 is 23.2 Å². The number of nitrogens with zero attached hydrogens (tertiary/aromatic N) is 5. The SMILES string of the molecule is N#Cc1ccc(Nc2nccc(C(=O)Nc3cnccc3OCC(F)(F)F)n2)cn1. The van der Waals surface area contributed by atoms with E-state index in [-0.39, 0.29) is 28.8 Å². The van der Waals surface area contributed by atoms with Gasteiger partial charge in [-0.2, -0.15) is 18.4 Å². The van der Waals surface area contributed by atoms with E-state index in [0.717, 1.165) is 6.20 Å². The van der Waals surface area contributed by atoms with E-state index in [1.54, 1.807) is 6.07 Å². The van der Waals surface area contributed by atoms with Gasteiger partial charge in [0.25, 0.3) is 5.91 Å². The molecule has 3 aromatic rings. The lowest BCUT2D eigenvalue weighted by Crippen LogP contribution is -2.21. The van der Waals surface area contributed by atoms with Crippen molar-refractivity contribution in [3.05, 3.63) is 60.4 Å². The van der Waals surface area contributed by atoms with Gasteiger partial charge in [0.15, 0.2) is 6.61 Å². The summed E-state index contributed by atoms with van der Waals surface area (Å²) < 4.78 is 41.9. The summed E-state index contributed by atoms with van der Waals surface area (Å²) in [5, 5.41) is 14.0. The Bertz CT molecular complexity index is 1080. The second-order valence-corrected chi connectivity index (χ2v) is 5.66. The van der Waals surface area contributed by atoms with Gasteiger partial charge in [-0.05, 0) is 18.2 Å². The van der Waals surface area contributed by atoms with Crippen molar-refractivity contribution in [3.8, 4) is 11.8 Å². The molecule has 12 heteroatoms. The van der Waals surface area contributed by atoms with Crippen molar-refractivity contribution in [1.29, 1.82) is 5.26 Å². The number of carbonyl (C=O) groups is 1. The summed E-state index contributed by atoms with van der Waals surface area (Å²) in [6.45, 7) is -1.51. The molecule has 3 heterocycles. The van der Waals surface area contributed by atoms with Crippen LogP contribution in [0, 0.1) is 11.3 Å². The molecule has 3 rings (SSSR count). The number of hydrogen-bond donors (Lipinski definition) is 2. The molecule has 0 spiro atoms. The maximum atomic E-state index is 12.5. The molecule has 1 amide bonds. The Hall–Kier alpha value is -4.27. The van der Waals surface area contributed by atoms with Crippen LogP contribution in [0.15, 0.2) is 49.1 Å². The number of nitriles is 1. The molecule has 0 fully saturated rings. The number of amides is 1. The molecular weight excluding hydrogens is 403 g/mol. The fraction of sp³-hybridized carbons (Fsp3) is 0.111. The zero-order chi connectivity index (χ0) is 21.6. The van der Waals surface area contributed by atoms with Crippen molar-refractivity contribution in [3.63, 3.8) is 0 Å². The number of ether oxygens (including phenoxy) is 1. The average molecular weight is 415 g/mol. The summed E-state index contributed by atoms with van der Waals surface area (Å²) in [4.78, 5) is 28.2. The third kappa shape index (κ3) is 5.61. The van der Waals surface area contributed by atoms with Gasteiger partial charge in [-0.1, -0.05) is 0 Å².